The van der Waals surface area contributed by atoms with E-state index in [-0.39, 0.29) is 5.78 Å². The number of benzene rings is 2. The number of nitrogens with two attached hydrogens (primary N) is 1. The lowest BCUT2D eigenvalue weighted by Gasteiger charge is -2.07. The van der Waals surface area contributed by atoms with Gasteiger partial charge in [-0.25, -0.2) is 4.52 Å². The third-order valence-corrected chi connectivity index (χ3v) is 5.08. The summed E-state index contributed by atoms with van der Waals surface area (Å²) in [6.45, 7) is 1.98. The smallest absolute Gasteiger partial charge is 0.174 e. The molecule has 0 amide bonds. The Labute approximate surface area is 167 Å². The Balaban J connectivity index is 1.51. The van der Waals surface area contributed by atoms with E-state index >= 15 is 0 Å². The average Bonchev–Trinajstić information content (AvgIpc) is 3.06. The summed E-state index contributed by atoms with van der Waals surface area (Å²) < 4.78 is 1.66. The average molecular weight is 391 g/mol. The van der Waals surface area contributed by atoms with Crippen LogP contribution in [0.3, 0.4) is 0 Å². The van der Waals surface area contributed by atoms with Gasteiger partial charge in [-0.05, 0) is 41.3 Å². The maximum absolute atomic E-state index is 12.5. The van der Waals surface area contributed by atoms with Gasteiger partial charge in [-0.1, -0.05) is 59.3 Å². The largest absolute Gasteiger partial charge is 0.380 e. The molecule has 0 aliphatic heterocycles. The minimum absolute atomic E-state index is 0.129. The number of Topliss-reactive ketones (excluding diaryl/α,β-unsaturated/α-hetero) is 1. The van der Waals surface area contributed by atoms with Gasteiger partial charge in [-0.3, -0.25) is 4.79 Å². The van der Waals surface area contributed by atoms with Crippen LogP contribution in [0.25, 0.3) is 16.6 Å². The molecular formula is C22H19ClN4O. The highest BCUT2D eigenvalue weighted by molar-refractivity contribution is 6.31. The van der Waals surface area contributed by atoms with Crippen LogP contribution in [-0.4, -0.2) is 20.6 Å². The number of hydrogen-bond donors (Lipinski definition) is 1. The SMILES string of the molecule is Cc1ccc(CC(=O)Cc2ccc(-c3cccn4nnc(N)c34)cc2)c(Cl)c1. The van der Waals surface area contributed by atoms with Gasteiger partial charge in [0.05, 0.1) is 0 Å². The lowest BCUT2D eigenvalue weighted by Crippen LogP contribution is -2.07. The molecule has 0 fully saturated rings. The van der Waals surface area contributed by atoms with Gasteiger partial charge in [0, 0.05) is 29.6 Å². The van der Waals surface area contributed by atoms with Crippen LogP contribution in [-0.2, 0) is 17.6 Å². The lowest BCUT2D eigenvalue weighted by molar-refractivity contribution is -0.117. The van der Waals surface area contributed by atoms with E-state index in [1.807, 2.05) is 67.7 Å². The van der Waals surface area contributed by atoms with E-state index in [2.05, 4.69) is 10.3 Å². The summed E-state index contributed by atoms with van der Waals surface area (Å²) in [4.78, 5) is 12.5. The number of ketones is 1. The van der Waals surface area contributed by atoms with Crippen molar-refractivity contribution in [2.45, 2.75) is 19.8 Å². The van der Waals surface area contributed by atoms with Crippen LogP contribution >= 0.6 is 11.6 Å². The van der Waals surface area contributed by atoms with Gasteiger partial charge in [0.2, 0.25) is 0 Å². The Bertz CT molecular complexity index is 1170. The predicted octanol–water partition coefficient (Wildman–Crippen LogP) is 4.29. The van der Waals surface area contributed by atoms with Crippen molar-refractivity contribution < 1.29 is 4.79 Å². The second-order valence-electron chi connectivity index (χ2n) is 6.87. The summed E-state index contributed by atoms with van der Waals surface area (Å²) in [6.07, 6.45) is 2.51. The first-order chi connectivity index (χ1) is 13.5. The zero-order valence-electron chi connectivity index (χ0n) is 15.4. The van der Waals surface area contributed by atoms with Crippen molar-refractivity contribution in [1.82, 2.24) is 14.8 Å². The highest BCUT2D eigenvalue weighted by Crippen LogP contribution is 2.27. The summed E-state index contributed by atoms with van der Waals surface area (Å²) in [6, 6.07) is 17.6. The van der Waals surface area contributed by atoms with Crippen molar-refractivity contribution in [1.29, 1.82) is 0 Å². The van der Waals surface area contributed by atoms with Crippen molar-refractivity contribution >= 4 is 28.7 Å². The minimum atomic E-state index is 0.129. The molecule has 0 saturated carbocycles. The van der Waals surface area contributed by atoms with Gasteiger partial charge >= 0.3 is 0 Å². The Morgan fingerprint density at radius 3 is 2.64 bits per heavy atom. The Morgan fingerprint density at radius 2 is 1.89 bits per heavy atom. The first kappa shape index (κ1) is 18.2. The number of hydrogen-bond acceptors (Lipinski definition) is 4. The van der Waals surface area contributed by atoms with E-state index in [1.165, 1.54) is 0 Å². The molecule has 0 spiro atoms. The molecule has 0 radical (unpaired) electrons. The number of nitrogens with zero attached hydrogens (tertiary/aromatic N) is 3. The lowest BCUT2D eigenvalue weighted by atomic mass is 9.99. The molecule has 0 unspecified atom stereocenters. The normalized spacial score (nSPS) is 11.1. The molecule has 0 aliphatic rings. The van der Waals surface area contributed by atoms with Crippen LogP contribution in [0.4, 0.5) is 5.82 Å². The number of halogens is 1. The van der Waals surface area contributed by atoms with E-state index in [0.29, 0.717) is 23.7 Å². The molecule has 4 aromatic rings. The van der Waals surface area contributed by atoms with E-state index in [4.69, 9.17) is 17.3 Å². The van der Waals surface area contributed by atoms with Crippen LogP contribution < -0.4 is 5.73 Å². The summed E-state index contributed by atoms with van der Waals surface area (Å²) in [5, 5.41) is 8.57. The van der Waals surface area contributed by atoms with Crippen LogP contribution in [0.1, 0.15) is 16.7 Å². The van der Waals surface area contributed by atoms with Crippen LogP contribution in [0, 0.1) is 6.92 Å². The molecule has 0 atom stereocenters. The third kappa shape index (κ3) is 3.62. The Morgan fingerprint density at radius 1 is 1.11 bits per heavy atom. The molecule has 28 heavy (non-hydrogen) atoms. The number of anilines is 1. The highest BCUT2D eigenvalue weighted by Gasteiger charge is 2.11. The van der Waals surface area contributed by atoms with Gasteiger partial charge in [-0.2, -0.15) is 0 Å². The Kier molecular flexibility index (Phi) is 4.84. The van der Waals surface area contributed by atoms with Crippen molar-refractivity contribution in [2.75, 3.05) is 5.73 Å². The van der Waals surface area contributed by atoms with Crippen molar-refractivity contribution in [3.8, 4) is 11.1 Å². The van der Waals surface area contributed by atoms with E-state index in [9.17, 15) is 4.79 Å². The third-order valence-electron chi connectivity index (χ3n) is 4.73. The molecule has 2 aromatic heterocycles. The molecule has 6 heteroatoms. The Hall–Kier alpha value is -3.18. The van der Waals surface area contributed by atoms with Crippen molar-refractivity contribution in [3.63, 3.8) is 0 Å². The fourth-order valence-corrected chi connectivity index (χ4v) is 3.61. The highest BCUT2D eigenvalue weighted by atomic mass is 35.5. The molecule has 140 valence electrons. The number of aromatic nitrogens is 3. The fraction of sp³-hybridized carbons (Fsp3) is 0.136. The summed E-state index contributed by atoms with van der Waals surface area (Å²) in [7, 11) is 0. The van der Waals surface area contributed by atoms with Gasteiger partial charge in [0.15, 0.2) is 5.82 Å². The molecule has 5 nitrogen and oxygen atoms in total. The minimum Gasteiger partial charge on any atom is -0.380 e. The van der Waals surface area contributed by atoms with Crippen molar-refractivity contribution in [2.24, 2.45) is 0 Å². The van der Waals surface area contributed by atoms with E-state index in [1.54, 1.807) is 4.52 Å². The number of nitrogen functional groups attached to an aromatic ring is 1. The van der Waals surface area contributed by atoms with Gasteiger partial charge < -0.3 is 5.73 Å². The number of pyridine rings is 1. The molecule has 2 N–H and O–H groups in total. The fourth-order valence-electron chi connectivity index (χ4n) is 3.30. The molecule has 2 heterocycles. The number of aryl methyl sites for hydroxylation is 1. The topological polar surface area (TPSA) is 73.3 Å². The number of rotatable bonds is 5. The van der Waals surface area contributed by atoms with Gasteiger partial charge in [-0.15, -0.1) is 5.10 Å². The van der Waals surface area contributed by atoms with Crippen LogP contribution in [0.5, 0.6) is 0 Å². The monoisotopic (exact) mass is 390 g/mol. The predicted molar refractivity (Wildman–Crippen MR) is 111 cm³/mol. The molecule has 0 bridgehead atoms. The number of carbonyl (C=O) groups is 1. The molecule has 4 rings (SSSR count). The van der Waals surface area contributed by atoms with Crippen LogP contribution in [0.2, 0.25) is 5.02 Å². The molecule has 0 saturated heterocycles. The van der Waals surface area contributed by atoms with E-state index < -0.39 is 0 Å². The quantitative estimate of drug-likeness (QED) is 0.551. The number of carbonyl (C=O) groups excluding carboxylic acids is 1. The summed E-state index contributed by atoms with van der Waals surface area (Å²) in [5.74, 6) is 0.523. The molecular weight excluding hydrogens is 372 g/mol. The number of fused-ring (bicyclic) bond motifs is 1. The van der Waals surface area contributed by atoms with Crippen LogP contribution in [0.15, 0.2) is 60.8 Å². The van der Waals surface area contributed by atoms with Crippen molar-refractivity contribution in [3.05, 3.63) is 82.5 Å². The first-order valence-corrected chi connectivity index (χ1v) is 9.34. The summed E-state index contributed by atoms with van der Waals surface area (Å²) in [5.41, 5.74) is 11.6. The summed E-state index contributed by atoms with van der Waals surface area (Å²) >= 11 is 6.24. The van der Waals surface area contributed by atoms with Gasteiger partial charge in [0.25, 0.3) is 0 Å². The molecule has 2 aromatic carbocycles. The maximum atomic E-state index is 12.5. The standard InChI is InChI=1S/C22H19ClN4O/c1-14-4-7-17(20(23)11-14)13-18(28)12-15-5-8-16(9-6-15)19-3-2-10-27-21(19)22(24)25-26-27/h2-11H,12-13,24H2,1H3. The second-order valence-corrected chi connectivity index (χ2v) is 7.28. The maximum Gasteiger partial charge on any atom is 0.174 e. The van der Waals surface area contributed by atoms with E-state index in [0.717, 1.165) is 33.3 Å². The molecule has 0 aliphatic carbocycles. The zero-order valence-corrected chi connectivity index (χ0v) is 16.1. The second kappa shape index (κ2) is 7.44. The first-order valence-electron chi connectivity index (χ1n) is 8.97. The zero-order chi connectivity index (χ0) is 19.7. The van der Waals surface area contributed by atoms with Gasteiger partial charge in [0.1, 0.15) is 11.3 Å².